The molecule has 1 N–H and O–H groups in total. The third-order valence-corrected chi connectivity index (χ3v) is 2.71. The summed E-state index contributed by atoms with van der Waals surface area (Å²) in [7, 11) is 1.59. The standard InChI is InChI=1S/C9H19Cl2NO/c1-3-4-5-6-7-8(9(10)11)12(2)13/h8-9,13H,3-7H2,1-2H3/t8-/m0/s1. The lowest BCUT2D eigenvalue weighted by atomic mass is 10.1. The average molecular weight is 228 g/mol. The summed E-state index contributed by atoms with van der Waals surface area (Å²) in [6.45, 7) is 2.17. The molecule has 0 saturated carbocycles. The van der Waals surface area contributed by atoms with E-state index in [9.17, 15) is 5.21 Å². The van der Waals surface area contributed by atoms with Crippen LogP contribution in [0.2, 0.25) is 0 Å². The highest BCUT2D eigenvalue weighted by Gasteiger charge is 2.19. The predicted molar refractivity (Wildman–Crippen MR) is 57.6 cm³/mol. The fourth-order valence-electron chi connectivity index (χ4n) is 1.26. The molecule has 80 valence electrons. The van der Waals surface area contributed by atoms with Gasteiger partial charge in [-0.05, 0) is 6.42 Å². The first-order valence-electron chi connectivity index (χ1n) is 4.79. The maximum atomic E-state index is 9.20. The first-order chi connectivity index (χ1) is 6.09. The van der Waals surface area contributed by atoms with Crippen molar-refractivity contribution in [3.05, 3.63) is 0 Å². The van der Waals surface area contributed by atoms with Gasteiger partial charge < -0.3 is 5.21 Å². The van der Waals surface area contributed by atoms with Crippen LogP contribution in [-0.2, 0) is 0 Å². The summed E-state index contributed by atoms with van der Waals surface area (Å²) in [5.74, 6) is 0. The summed E-state index contributed by atoms with van der Waals surface area (Å²) in [5.41, 5.74) is 0. The number of unbranched alkanes of at least 4 members (excludes halogenated alkanes) is 3. The fourth-order valence-corrected chi connectivity index (χ4v) is 1.83. The van der Waals surface area contributed by atoms with Crippen molar-refractivity contribution in [3.8, 4) is 0 Å². The number of hydrogen-bond donors (Lipinski definition) is 1. The molecule has 0 aliphatic carbocycles. The maximum absolute atomic E-state index is 9.20. The Morgan fingerprint density at radius 3 is 2.23 bits per heavy atom. The molecule has 0 aromatic rings. The minimum Gasteiger partial charge on any atom is -0.314 e. The van der Waals surface area contributed by atoms with E-state index in [0.29, 0.717) is 0 Å². The van der Waals surface area contributed by atoms with Gasteiger partial charge in [0, 0.05) is 7.05 Å². The van der Waals surface area contributed by atoms with Crippen LogP contribution in [0.3, 0.4) is 0 Å². The highest BCUT2D eigenvalue weighted by Crippen LogP contribution is 2.18. The third-order valence-electron chi connectivity index (χ3n) is 2.12. The molecule has 0 bridgehead atoms. The molecular weight excluding hydrogens is 209 g/mol. The maximum Gasteiger partial charge on any atom is 0.125 e. The van der Waals surface area contributed by atoms with Gasteiger partial charge in [-0.1, -0.05) is 32.6 Å². The van der Waals surface area contributed by atoms with E-state index in [1.54, 1.807) is 7.05 Å². The van der Waals surface area contributed by atoms with E-state index in [1.165, 1.54) is 19.3 Å². The van der Waals surface area contributed by atoms with Crippen LogP contribution >= 0.6 is 23.2 Å². The van der Waals surface area contributed by atoms with E-state index in [0.717, 1.165) is 17.9 Å². The molecule has 0 aliphatic rings. The zero-order valence-corrected chi connectivity index (χ0v) is 9.85. The molecule has 4 heteroatoms. The monoisotopic (exact) mass is 227 g/mol. The van der Waals surface area contributed by atoms with Crippen molar-refractivity contribution < 1.29 is 5.21 Å². The normalized spacial score (nSPS) is 14.1. The number of hydroxylamine groups is 2. The zero-order valence-electron chi connectivity index (χ0n) is 8.34. The second kappa shape index (κ2) is 7.86. The smallest absolute Gasteiger partial charge is 0.125 e. The highest BCUT2D eigenvalue weighted by atomic mass is 35.5. The van der Waals surface area contributed by atoms with Gasteiger partial charge in [-0.25, -0.2) is 0 Å². The van der Waals surface area contributed by atoms with Gasteiger partial charge in [0.15, 0.2) is 0 Å². The van der Waals surface area contributed by atoms with Crippen LogP contribution in [0.25, 0.3) is 0 Å². The van der Waals surface area contributed by atoms with Crippen molar-refractivity contribution in [3.63, 3.8) is 0 Å². The average Bonchev–Trinajstić information content (AvgIpc) is 2.02. The van der Waals surface area contributed by atoms with Gasteiger partial charge >= 0.3 is 0 Å². The number of rotatable bonds is 7. The van der Waals surface area contributed by atoms with Crippen molar-refractivity contribution in [2.24, 2.45) is 0 Å². The molecule has 0 amide bonds. The van der Waals surface area contributed by atoms with Crippen LogP contribution in [-0.4, -0.2) is 28.2 Å². The molecule has 0 unspecified atom stereocenters. The van der Waals surface area contributed by atoms with Gasteiger partial charge in [-0.15, -0.1) is 23.2 Å². The van der Waals surface area contributed by atoms with E-state index < -0.39 is 4.84 Å². The van der Waals surface area contributed by atoms with Crippen LogP contribution in [0.4, 0.5) is 0 Å². The van der Waals surface area contributed by atoms with Gasteiger partial charge in [0.1, 0.15) is 4.84 Å². The van der Waals surface area contributed by atoms with Gasteiger partial charge in [0.25, 0.3) is 0 Å². The lowest BCUT2D eigenvalue weighted by Crippen LogP contribution is -2.33. The van der Waals surface area contributed by atoms with Crippen LogP contribution in [0.5, 0.6) is 0 Å². The second-order valence-electron chi connectivity index (χ2n) is 3.32. The van der Waals surface area contributed by atoms with Gasteiger partial charge in [-0.3, -0.25) is 0 Å². The van der Waals surface area contributed by atoms with E-state index in [1.807, 2.05) is 0 Å². The molecule has 13 heavy (non-hydrogen) atoms. The number of nitrogens with zero attached hydrogens (tertiary/aromatic N) is 1. The molecule has 1 atom stereocenters. The van der Waals surface area contributed by atoms with E-state index >= 15 is 0 Å². The van der Waals surface area contributed by atoms with Crippen LogP contribution in [0.1, 0.15) is 39.0 Å². The Labute approximate surface area is 90.8 Å². The zero-order chi connectivity index (χ0) is 10.3. The summed E-state index contributed by atoms with van der Waals surface area (Å²) < 4.78 is 0. The van der Waals surface area contributed by atoms with E-state index in [4.69, 9.17) is 23.2 Å². The Morgan fingerprint density at radius 2 is 1.85 bits per heavy atom. The molecule has 0 rings (SSSR count). The first-order valence-corrected chi connectivity index (χ1v) is 5.66. The van der Waals surface area contributed by atoms with Crippen LogP contribution in [0.15, 0.2) is 0 Å². The minimum absolute atomic E-state index is 0.139. The summed E-state index contributed by atoms with van der Waals surface area (Å²) in [5, 5.41) is 10.3. The Bertz CT molecular complexity index is 112. The van der Waals surface area contributed by atoms with Gasteiger partial charge in [0.2, 0.25) is 0 Å². The Morgan fingerprint density at radius 1 is 1.23 bits per heavy atom. The Hall–Kier alpha value is 0.500. The fraction of sp³-hybridized carbons (Fsp3) is 1.00. The third kappa shape index (κ3) is 6.55. The van der Waals surface area contributed by atoms with Crippen molar-refractivity contribution in [1.29, 1.82) is 0 Å². The lowest BCUT2D eigenvalue weighted by molar-refractivity contribution is -0.101. The SMILES string of the molecule is CCCCCC[C@@H](C(Cl)Cl)N(C)O. The second-order valence-corrected chi connectivity index (χ2v) is 4.49. The number of hydrogen-bond acceptors (Lipinski definition) is 2. The molecular formula is C9H19Cl2NO. The molecule has 0 aliphatic heterocycles. The molecule has 0 aromatic heterocycles. The van der Waals surface area contributed by atoms with Crippen molar-refractivity contribution in [2.45, 2.75) is 49.9 Å². The van der Waals surface area contributed by atoms with E-state index in [2.05, 4.69) is 6.92 Å². The van der Waals surface area contributed by atoms with Crippen molar-refractivity contribution in [1.82, 2.24) is 5.06 Å². The van der Waals surface area contributed by atoms with Crippen molar-refractivity contribution in [2.75, 3.05) is 7.05 Å². The lowest BCUT2D eigenvalue weighted by Gasteiger charge is -2.23. The number of alkyl halides is 2. The molecule has 0 spiro atoms. The summed E-state index contributed by atoms with van der Waals surface area (Å²) in [4.78, 5) is -0.517. The van der Waals surface area contributed by atoms with Crippen LogP contribution < -0.4 is 0 Å². The molecule has 0 heterocycles. The topological polar surface area (TPSA) is 23.5 Å². The Kier molecular flexibility index (Phi) is 8.17. The highest BCUT2D eigenvalue weighted by molar-refractivity contribution is 6.44. The molecule has 0 fully saturated rings. The quantitative estimate of drug-likeness (QED) is 0.410. The van der Waals surface area contributed by atoms with Gasteiger partial charge in [-0.2, -0.15) is 5.06 Å². The molecule has 0 saturated heterocycles. The van der Waals surface area contributed by atoms with E-state index in [-0.39, 0.29) is 6.04 Å². The van der Waals surface area contributed by atoms with Crippen LogP contribution in [0, 0.1) is 0 Å². The number of halogens is 2. The van der Waals surface area contributed by atoms with Gasteiger partial charge in [0.05, 0.1) is 6.04 Å². The first kappa shape index (κ1) is 13.5. The molecule has 0 radical (unpaired) electrons. The Balaban J connectivity index is 3.58. The molecule has 0 aromatic carbocycles. The van der Waals surface area contributed by atoms with Crippen molar-refractivity contribution >= 4 is 23.2 Å². The predicted octanol–water partition coefficient (Wildman–Crippen LogP) is 3.45. The molecule has 2 nitrogen and oxygen atoms in total. The minimum atomic E-state index is -0.517. The summed E-state index contributed by atoms with van der Waals surface area (Å²) in [6, 6.07) is -0.139. The summed E-state index contributed by atoms with van der Waals surface area (Å²) >= 11 is 11.4. The summed E-state index contributed by atoms with van der Waals surface area (Å²) in [6.07, 6.45) is 5.55. The largest absolute Gasteiger partial charge is 0.314 e.